The van der Waals surface area contributed by atoms with Crippen molar-refractivity contribution in [2.24, 2.45) is 5.73 Å². The Morgan fingerprint density at radius 3 is 2.88 bits per heavy atom. The summed E-state index contributed by atoms with van der Waals surface area (Å²) in [6.45, 7) is 1.58. The molecule has 0 heterocycles. The van der Waals surface area contributed by atoms with Crippen molar-refractivity contribution >= 4 is 5.91 Å². The summed E-state index contributed by atoms with van der Waals surface area (Å²) < 4.78 is 18.0. The number of methoxy groups -OCH3 is 1. The Balaban J connectivity index is 2.62. The van der Waals surface area contributed by atoms with Crippen molar-refractivity contribution in [3.8, 4) is 5.75 Å². The van der Waals surface area contributed by atoms with Crippen LogP contribution in [-0.4, -0.2) is 19.6 Å². The monoisotopic (exact) mass is 242 g/mol. The maximum absolute atomic E-state index is 13.2. The predicted octanol–water partition coefficient (Wildman–Crippen LogP) is 0.902. The highest BCUT2D eigenvalue weighted by Crippen LogP contribution is 2.22. The Labute approximate surface area is 98.7 Å². The number of hydrogen-bond acceptors (Lipinski definition) is 4. The third kappa shape index (κ3) is 4.01. The predicted molar refractivity (Wildman–Crippen MR) is 59.6 cm³/mol. The van der Waals surface area contributed by atoms with E-state index in [-0.39, 0.29) is 18.4 Å². The van der Waals surface area contributed by atoms with Crippen molar-refractivity contribution in [1.82, 2.24) is 5.48 Å². The second-order valence-corrected chi connectivity index (χ2v) is 3.49. The van der Waals surface area contributed by atoms with Crippen LogP contribution in [-0.2, 0) is 9.63 Å². The SMILES string of the molecule is COc1cc(C(C)NOCC(N)=O)ccc1F. The molecule has 1 amide bonds. The lowest BCUT2D eigenvalue weighted by atomic mass is 10.1. The maximum Gasteiger partial charge on any atom is 0.245 e. The summed E-state index contributed by atoms with van der Waals surface area (Å²) in [5.74, 6) is -0.839. The largest absolute Gasteiger partial charge is 0.494 e. The van der Waals surface area contributed by atoms with Crippen molar-refractivity contribution < 1.29 is 18.8 Å². The summed E-state index contributed by atoms with van der Waals surface area (Å²) in [7, 11) is 1.39. The molecule has 1 rings (SSSR count). The van der Waals surface area contributed by atoms with Gasteiger partial charge in [-0.25, -0.2) is 4.39 Å². The van der Waals surface area contributed by atoms with Gasteiger partial charge in [-0.1, -0.05) is 6.07 Å². The summed E-state index contributed by atoms with van der Waals surface area (Å²) in [5.41, 5.74) is 8.30. The lowest BCUT2D eigenvalue weighted by molar-refractivity contribution is -0.126. The number of rotatable bonds is 6. The number of amides is 1. The zero-order valence-corrected chi connectivity index (χ0v) is 9.70. The van der Waals surface area contributed by atoms with E-state index in [0.29, 0.717) is 0 Å². The van der Waals surface area contributed by atoms with Gasteiger partial charge in [0.15, 0.2) is 11.6 Å². The van der Waals surface area contributed by atoms with Crippen LogP contribution < -0.4 is 16.0 Å². The summed E-state index contributed by atoms with van der Waals surface area (Å²) in [6, 6.07) is 4.24. The van der Waals surface area contributed by atoms with Crippen LogP contribution in [0.1, 0.15) is 18.5 Å². The molecule has 1 aromatic rings. The van der Waals surface area contributed by atoms with E-state index in [1.165, 1.54) is 13.2 Å². The molecule has 6 heteroatoms. The van der Waals surface area contributed by atoms with Crippen molar-refractivity contribution in [2.45, 2.75) is 13.0 Å². The standard InChI is InChI=1S/C11H15FN2O3/c1-7(14-17-6-11(13)15)8-3-4-9(12)10(5-8)16-2/h3-5,7,14H,6H2,1-2H3,(H2,13,15). The van der Waals surface area contributed by atoms with Crippen LogP contribution in [0, 0.1) is 5.82 Å². The quantitative estimate of drug-likeness (QED) is 0.727. The zero-order valence-electron chi connectivity index (χ0n) is 9.70. The smallest absolute Gasteiger partial charge is 0.245 e. The fourth-order valence-corrected chi connectivity index (χ4v) is 1.25. The van der Waals surface area contributed by atoms with E-state index in [1.54, 1.807) is 19.1 Å². The number of nitrogens with one attached hydrogen (secondary N) is 1. The van der Waals surface area contributed by atoms with Crippen molar-refractivity contribution in [1.29, 1.82) is 0 Å². The Morgan fingerprint density at radius 2 is 2.29 bits per heavy atom. The zero-order chi connectivity index (χ0) is 12.8. The summed E-state index contributed by atoms with van der Waals surface area (Å²) in [5, 5.41) is 0. The van der Waals surface area contributed by atoms with Gasteiger partial charge in [0.1, 0.15) is 6.61 Å². The Morgan fingerprint density at radius 1 is 1.59 bits per heavy atom. The first-order chi connectivity index (χ1) is 8.04. The van der Waals surface area contributed by atoms with E-state index in [1.807, 2.05) is 0 Å². The van der Waals surface area contributed by atoms with Gasteiger partial charge in [-0.2, -0.15) is 5.48 Å². The summed E-state index contributed by atoms with van der Waals surface area (Å²) in [4.78, 5) is 15.3. The first-order valence-corrected chi connectivity index (χ1v) is 5.03. The molecule has 0 bridgehead atoms. The second-order valence-electron chi connectivity index (χ2n) is 3.49. The molecule has 0 fully saturated rings. The van der Waals surface area contributed by atoms with Crippen LogP contribution in [0.15, 0.2) is 18.2 Å². The molecule has 1 atom stereocenters. The molecule has 5 nitrogen and oxygen atoms in total. The van der Waals surface area contributed by atoms with E-state index < -0.39 is 11.7 Å². The van der Waals surface area contributed by atoms with Gasteiger partial charge < -0.3 is 10.5 Å². The highest BCUT2D eigenvalue weighted by molar-refractivity contribution is 5.74. The third-order valence-electron chi connectivity index (χ3n) is 2.15. The average molecular weight is 242 g/mol. The van der Waals surface area contributed by atoms with Crippen molar-refractivity contribution in [3.05, 3.63) is 29.6 Å². The molecule has 0 radical (unpaired) electrons. The lowest BCUT2D eigenvalue weighted by Crippen LogP contribution is -2.26. The number of hydrogen-bond donors (Lipinski definition) is 2. The molecule has 1 aromatic carbocycles. The number of ether oxygens (including phenoxy) is 1. The third-order valence-corrected chi connectivity index (χ3v) is 2.15. The molecular weight excluding hydrogens is 227 g/mol. The minimum atomic E-state index is -0.568. The van der Waals surface area contributed by atoms with Gasteiger partial charge in [0.25, 0.3) is 0 Å². The Hall–Kier alpha value is -1.66. The first-order valence-electron chi connectivity index (χ1n) is 5.03. The molecule has 0 aromatic heterocycles. The highest BCUT2D eigenvalue weighted by atomic mass is 19.1. The van der Waals surface area contributed by atoms with Gasteiger partial charge in [-0.15, -0.1) is 0 Å². The number of carbonyl (C=O) groups excluding carboxylic acids is 1. The molecule has 0 spiro atoms. The van der Waals surface area contributed by atoms with Crippen LogP contribution in [0.25, 0.3) is 0 Å². The molecule has 0 aliphatic carbocycles. The van der Waals surface area contributed by atoms with Crippen LogP contribution >= 0.6 is 0 Å². The van der Waals surface area contributed by atoms with Crippen LogP contribution in [0.3, 0.4) is 0 Å². The highest BCUT2D eigenvalue weighted by Gasteiger charge is 2.09. The topological polar surface area (TPSA) is 73.6 Å². The average Bonchev–Trinajstić information content (AvgIpc) is 2.29. The number of carbonyl (C=O) groups is 1. The van der Waals surface area contributed by atoms with Gasteiger partial charge in [0, 0.05) is 0 Å². The molecule has 0 aliphatic rings. The molecule has 0 saturated heterocycles. The van der Waals surface area contributed by atoms with E-state index in [2.05, 4.69) is 5.48 Å². The van der Waals surface area contributed by atoms with Crippen molar-refractivity contribution in [3.63, 3.8) is 0 Å². The number of primary amides is 1. The normalized spacial score (nSPS) is 12.2. The van der Waals surface area contributed by atoms with Gasteiger partial charge >= 0.3 is 0 Å². The van der Waals surface area contributed by atoms with Crippen LogP contribution in [0.5, 0.6) is 5.75 Å². The fraction of sp³-hybridized carbons (Fsp3) is 0.364. The molecule has 0 aliphatic heterocycles. The summed E-state index contributed by atoms with van der Waals surface area (Å²) >= 11 is 0. The number of nitrogens with two attached hydrogens (primary N) is 1. The van der Waals surface area contributed by atoms with E-state index in [9.17, 15) is 9.18 Å². The van der Waals surface area contributed by atoms with Crippen LogP contribution in [0.4, 0.5) is 4.39 Å². The van der Waals surface area contributed by atoms with E-state index in [4.69, 9.17) is 15.3 Å². The molecule has 17 heavy (non-hydrogen) atoms. The number of hydroxylamine groups is 1. The second kappa shape index (κ2) is 6.17. The molecule has 3 N–H and O–H groups in total. The van der Waals surface area contributed by atoms with Crippen LogP contribution in [0.2, 0.25) is 0 Å². The lowest BCUT2D eigenvalue weighted by Gasteiger charge is -2.14. The fourth-order valence-electron chi connectivity index (χ4n) is 1.25. The van der Waals surface area contributed by atoms with Gasteiger partial charge in [-0.3, -0.25) is 9.63 Å². The number of benzene rings is 1. The molecule has 94 valence electrons. The maximum atomic E-state index is 13.2. The Bertz CT molecular complexity index is 398. The molecule has 1 unspecified atom stereocenters. The number of halogens is 1. The first kappa shape index (κ1) is 13.4. The minimum Gasteiger partial charge on any atom is -0.494 e. The van der Waals surface area contributed by atoms with Gasteiger partial charge in [0.05, 0.1) is 13.2 Å². The Kier molecular flexibility index (Phi) is 4.86. The summed E-state index contributed by atoms with van der Waals surface area (Å²) in [6.07, 6.45) is 0. The minimum absolute atomic E-state index is 0.158. The molecular formula is C11H15FN2O3. The van der Waals surface area contributed by atoms with Crippen molar-refractivity contribution in [2.75, 3.05) is 13.7 Å². The van der Waals surface area contributed by atoms with E-state index >= 15 is 0 Å². The van der Waals surface area contributed by atoms with Gasteiger partial charge in [0.2, 0.25) is 5.91 Å². The van der Waals surface area contributed by atoms with Gasteiger partial charge in [-0.05, 0) is 24.6 Å². The molecule has 0 saturated carbocycles. The van der Waals surface area contributed by atoms with E-state index in [0.717, 1.165) is 5.56 Å².